The Labute approximate surface area is 251 Å². The van der Waals surface area contributed by atoms with Gasteiger partial charge < -0.3 is 20.1 Å². The van der Waals surface area contributed by atoms with Gasteiger partial charge in [-0.25, -0.2) is 23.4 Å². The first-order chi connectivity index (χ1) is 21.0. The van der Waals surface area contributed by atoms with E-state index in [0.717, 1.165) is 12.1 Å². The van der Waals surface area contributed by atoms with Gasteiger partial charge in [-0.3, -0.25) is 4.79 Å². The van der Waals surface area contributed by atoms with Gasteiger partial charge in [0.1, 0.15) is 41.0 Å². The molecule has 0 saturated carbocycles. The van der Waals surface area contributed by atoms with Crippen molar-refractivity contribution in [3.8, 4) is 28.8 Å². The summed E-state index contributed by atoms with van der Waals surface area (Å²) >= 11 is 0. The number of hydrogen-bond acceptors (Lipinski definition) is 8. The largest absolute Gasteiger partial charge is 0.454 e. The number of carbonyl (C=O) groups excluding carboxylic acids is 1. The maximum Gasteiger partial charge on any atom is 0.264 e. The Morgan fingerprint density at radius 3 is 2.73 bits per heavy atom. The molecule has 1 saturated heterocycles. The van der Waals surface area contributed by atoms with E-state index in [4.69, 9.17) is 20.3 Å². The van der Waals surface area contributed by atoms with Crippen LogP contribution in [0.15, 0.2) is 54.4 Å². The van der Waals surface area contributed by atoms with E-state index in [1.165, 1.54) is 36.7 Å². The van der Waals surface area contributed by atoms with Gasteiger partial charge >= 0.3 is 0 Å². The van der Waals surface area contributed by atoms with E-state index in [0.29, 0.717) is 37.0 Å². The molecule has 1 atom stereocenters. The van der Waals surface area contributed by atoms with Crippen molar-refractivity contribution in [2.75, 3.05) is 25.4 Å². The smallest absolute Gasteiger partial charge is 0.264 e. The third-order valence-corrected chi connectivity index (χ3v) is 7.25. The summed E-state index contributed by atoms with van der Waals surface area (Å²) < 4.78 is 55.9. The second-order valence-corrected chi connectivity index (χ2v) is 10.8. The van der Waals surface area contributed by atoms with Crippen molar-refractivity contribution in [1.29, 1.82) is 5.26 Å². The number of hydrogen-bond donors (Lipinski definition) is 1. The number of nitrogens with zero attached hydrogens (tertiary/aromatic N) is 6. The number of amides is 1. The van der Waals surface area contributed by atoms with Crippen molar-refractivity contribution >= 4 is 22.8 Å². The summed E-state index contributed by atoms with van der Waals surface area (Å²) in [5.74, 6) is -3.83. The normalized spacial score (nSPS) is 15.8. The Bertz CT molecular complexity index is 1800. The minimum absolute atomic E-state index is 0.0239. The lowest BCUT2D eigenvalue weighted by molar-refractivity contribution is -0.128. The van der Waals surface area contributed by atoms with Crippen molar-refractivity contribution in [3.63, 3.8) is 0 Å². The number of halogens is 3. The number of fused-ring (bicyclic) bond motifs is 1. The molecule has 228 valence electrons. The van der Waals surface area contributed by atoms with Crippen LogP contribution in [0.5, 0.6) is 11.5 Å². The predicted molar refractivity (Wildman–Crippen MR) is 156 cm³/mol. The average Bonchev–Trinajstić information content (AvgIpc) is 3.39. The molecular weight excluding hydrogens is 575 g/mol. The summed E-state index contributed by atoms with van der Waals surface area (Å²) in [5, 5.41) is 14.8. The highest BCUT2D eigenvalue weighted by molar-refractivity contribution is 5.99. The fourth-order valence-corrected chi connectivity index (χ4v) is 5.29. The van der Waals surface area contributed by atoms with Gasteiger partial charge in [0, 0.05) is 31.3 Å². The van der Waals surface area contributed by atoms with Crippen LogP contribution in [-0.4, -0.2) is 55.9 Å². The first-order valence-corrected chi connectivity index (χ1v) is 14.0. The quantitative estimate of drug-likeness (QED) is 0.199. The standard InChI is InChI=1S/C31H30F3N7O3/c1-4-43-31(2,3)14-18(15-35)30(42)40-12-6-7-19(16-40)41-29-25(28(36)37-17-38-29)27(39-41)21-11-10-20(13-23(21)33)44-24-9-5-8-22(32)26(24)34/h5,8-11,13-14,17,19H,4,6-7,12,16H2,1-3H3,(H2,36,37,38)/b18-14-/t19-/m0/s1. The molecule has 44 heavy (non-hydrogen) atoms. The van der Waals surface area contributed by atoms with Gasteiger partial charge in [0.2, 0.25) is 5.82 Å². The monoisotopic (exact) mass is 605 g/mol. The molecule has 2 aromatic heterocycles. The molecule has 0 radical (unpaired) electrons. The predicted octanol–water partition coefficient (Wildman–Crippen LogP) is 5.71. The number of carbonyl (C=O) groups is 1. The maximum absolute atomic E-state index is 15.5. The number of nitrogens with two attached hydrogens (primary N) is 1. The topological polar surface area (TPSA) is 132 Å². The summed E-state index contributed by atoms with van der Waals surface area (Å²) in [6, 6.07) is 8.91. The number of anilines is 1. The van der Waals surface area contributed by atoms with Gasteiger partial charge in [-0.05, 0) is 64.0 Å². The molecule has 1 amide bonds. The second-order valence-electron chi connectivity index (χ2n) is 10.8. The molecule has 2 aromatic carbocycles. The Morgan fingerprint density at radius 2 is 2.00 bits per heavy atom. The van der Waals surface area contributed by atoms with Gasteiger partial charge in [-0.15, -0.1) is 0 Å². The molecular formula is C31H30F3N7O3. The Hall–Kier alpha value is -4.96. The van der Waals surface area contributed by atoms with Gasteiger partial charge in [-0.1, -0.05) is 6.07 Å². The first-order valence-electron chi connectivity index (χ1n) is 14.0. The van der Waals surface area contributed by atoms with Gasteiger partial charge in [-0.2, -0.15) is 14.8 Å². The molecule has 10 nitrogen and oxygen atoms in total. The molecule has 0 unspecified atom stereocenters. The molecule has 4 aromatic rings. The van der Waals surface area contributed by atoms with Crippen LogP contribution in [-0.2, 0) is 9.53 Å². The lowest BCUT2D eigenvalue weighted by Crippen LogP contribution is -2.42. The number of aromatic nitrogens is 4. The molecule has 1 aliphatic rings. The zero-order valence-electron chi connectivity index (χ0n) is 24.4. The summed E-state index contributed by atoms with van der Waals surface area (Å²) in [4.78, 5) is 23.4. The summed E-state index contributed by atoms with van der Waals surface area (Å²) in [7, 11) is 0. The molecule has 3 heterocycles. The number of piperidine rings is 1. The van der Waals surface area contributed by atoms with Crippen molar-refractivity contribution in [3.05, 3.63) is 71.8 Å². The molecule has 0 aliphatic carbocycles. The van der Waals surface area contributed by atoms with Crippen LogP contribution < -0.4 is 10.5 Å². The maximum atomic E-state index is 15.5. The third-order valence-electron chi connectivity index (χ3n) is 7.25. The van der Waals surface area contributed by atoms with Crippen LogP contribution in [0.2, 0.25) is 0 Å². The first kappa shape index (κ1) is 30.5. The van der Waals surface area contributed by atoms with Crippen LogP contribution in [0.3, 0.4) is 0 Å². The van der Waals surface area contributed by atoms with E-state index in [1.807, 2.05) is 13.0 Å². The molecule has 2 N–H and O–H groups in total. The van der Waals surface area contributed by atoms with Crippen molar-refractivity contribution < 1.29 is 27.4 Å². The summed E-state index contributed by atoms with van der Waals surface area (Å²) in [5.41, 5.74) is 5.96. The van der Waals surface area contributed by atoms with E-state index in [-0.39, 0.29) is 41.0 Å². The SMILES string of the molecule is CCOC(C)(C)/C=C(/C#N)C(=O)N1CCC[C@H](n2nc(-c3ccc(Oc4cccc(F)c4F)cc3F)c3c(N)ncnc32)C1. The number of nitrogen functional groups attached to an aromatic ring is 1. The van der Waals surface area contributed by atoms with E-state index >= 15 is 4.39 Å². The number of nitriles is 1. The number of ether oxygens (including phenoxy) is 2. The minimum atomic E-state index is -1.19. The summed E-state index contributed by atoms with van der Waals surface area (Å²) in [6.45, 7) is 6.47. The molecule has 5 rings (SSSR count). The fraction of sp³-hybridized carbons (Fsp3) is 0.323. The van der Waals surface area contributed by atoms with Crippen molar-refractivity contribution in [1.82, 2.24) is 24.6 Å². The van der Waals surface area contributed by atoms with E-state index in [2.05, 4.69) is 9.97 Å². The average molecular weight is 606 g/mol. The molecule has 1 aliphatic heterocycles. The van der Waals surface area contributed by atoms with E-state index < -0.39 is 34.7 Å². The molecule has 1 fully saturated rings. The highest BCUT2D eigenvalue weighted by atomic mass is 19.2. The van der Waals surface area contributed by atoms with Crippen LogP contribution in [0.1, 0.15) is 39.7 Å². The van der Waals surface area contributed by atoms with Crippen molar-refractivity contribution in [2.45, 2.75) is 45.3 Å². The fourth-order valence-electron chi connectivity index (χ4n) is 5.29. The van der Waals surface area contributed by atoms with Crippen LogP contribution in [0.4, 0.5) is 19.0 Å². The lowest BCUT2D eigenvalue weighted by atomic mass is 10.0. The summed E-state index contributed by atoms with van der Waals surface area (Å²) in [6.07, 6.45) is 4.06. The van der Waals surface area contributed by atoms with Crippen LogP contribution in [0.25, 0.3) is 22.3 Å². The highest BCUT2D eigenvalue weighted by Gasteiger charge is 2.31. The van der Waals surface area contributed by atoms with Gasteiger partial charge in [0.05, 0.1) is 17.0 Å². The minimum Gasteiger partial charge on any atom is -0.454 e. The zero-order chi connectivity index (χ0) is 31.6. The zero-order valence-corrected chi connectivity index (χ0v) is 24.4. The number of rotatable bonds is 8. The lowest BCUT2D eigenvalue weighted by Gasteiger charge is -2.33. The van der Waals surface area contributed by atoms with Crippen LogP contribution in [0, 0.1) is 28.8 Å². The van der Waals surface area contributed by atoms with E-state index in [9.17, 15) is 18.8 Å². The Morgan fingerprint density at radius 1 is 1.20 bits per heavy atom. The molecule has 0 bridgehead atoms. The van der Waals surface area contributed by atoms with Gasteiger partial charge in [0.25, 0.3) is 5.91 Å². The third kappa shape index (κ3) is 6.07. The number of likely N-dealkylation sites (tertiary alicyclic amines) is 1. The Kier molecular flexibility index (Phi) is 8.55. The van der Waals surface area contributed by atoms with E-state index in [1.54, 1.807) is 23.4 Å². The highest BCUT2D eigenvalue weighted by Crippen LogP contribution is 2.37. The molecule has 0 spiro atoms. The second kappa shape index (κ2) is 12.3. The molecule has 13 heteroatoms. The van der Waals surface area contributed by atoms with Gasteiger partial charge in [0.15, 0.2) is 17.2 Å². The number of benzene rings is 2. The Balaban J connectivity index is 1.47. The van der Waals surface area contributed by atoms with Crippen LogP contribution >= 0.6 is 0 Å². The van der Waals surface area contributed by atoms with Crippen molar-refractivity contribution in [2.24, 2.45) is 0 Å².